The summed E-state index contributed by atoms with van der Waals surface area (Å²) in [5.41, 5.74) is 3.95. The van der Waals surface area contributed by atoms with Crippen LogP contribution in [-0.4, -0.2) is 13.6 Å². The molecule has 1 aliphatic carbocycles. The lowest BCUT2D eigenvalue weighted by molar-refractivity contribution is 0.192. The maximum Gasteiger partial charge on any atom is 0.128 e. The van der Waals surface area contributed by atoms with Crippen molar-refractivity contribution in [3.05, 3.63) is 53.5 Å². The third kappa shape index (κ3) is 2.73. The molecular weight excluding hydrogens is 250 g/mol. The van der Waals surface area contributed by atoms with Crippen molar-refractivity contribution in [2.75, 3.05) is 13.6 Å². The van der Waals surface area contributed by atoms with Gasteiger partial charge in [0.1, 0.15) is 11.9 Å². The molecule has 3 rings (SSSR count). The third-order valence-corrected chi connectivity index (χ3v) is 3.94. The summed E-state index contributed by atoms with van der Waals surface area (Å²) in [4.78, 5) is 0. The Balaban J connectivity index is 1.81. The number of rotatable bonds is 6. The van der Waals surface area contributed by atoms with Gasteiger partial charge in [-0.2, -0.15) is 0 Å². The lowest BCUT2D eigenvalue weighted by Gasteiger charge is -2.20. The lowest BCUT2D eigenvalue weighted by Crippen LogP contribution is -2.16. The van der Waals surface area contributed by atoms with Gasteiger partial charge >= 0.3 is 0 Å². The van der Waals surface area contributed by atoms with E-state index >= 15 is 0 Å². The molecule has 1 atom stereocenters. The highest BCUT2D eigenvalue weighted by Crippen LogP contribution is 2.34. The minimum atomic E-state index is 0.0494. The number of nitrogens with one attached hydrogen (secondary N) is 1. The van der Waals surface area contributed by atoms with Crippen LogP contribution in [0.1, 0.15) is 35.6 Å². The smallest absolute Gasteiger partial charge is 0.128 e. The number of fused-ring (bicyclic) bond motifs is 1. The standard InChI is InChI=1S/C17H21NO2/c1-18-10-8-16(14-9-11-19-12-14)20-17-7-3-5-13-4-2-6-15(13)17/h3,5,7,9,11-12,16,18H,2,4,6,8,10H2,1H3/t16-/m0/s1. The molecule has 0 saturated carbocycles. The molecule has 0 fully saturated rings. The van der Waals surface area contributed by atoms with Crippen LogP contribution in [0.5, 0.6) is 5.75 Å². The SMILES string of the molecule is CNCC[C@H](Oc1cccc2c1CCC2)c1ccoc1. The monoisotopic (exact) mass is 271 g/mol. The molecule has 0 amide bonds. The van der Waals surface area contributed by atoms with Crippen molar-refractivity contribution in [3.63, 3.8) is 0 Å². The maximum atomic E-state index is 6.30. The van der Waals surface area contributed by atoms with Gasteiger partial charge in [-0.15, -0.1) is 0 Å². The minimum Gasteiger partial charge on any atom is -0.485 e. The van der Waals surface area contributed by atoms with Crippen LogP contribution in [0.25, 0.3) is 0 Å². The summed E-state index contributed by atoms with van der Waals surface area (Å²) < 4.78 is 11.5. The van der Waals surface area contributed by atoms with E-state index in [1.807, 2.05) is 13.1 Å². The predicted octanol–water partition coefficient (Wildman–Crippen LogP) is 3.50. The molecule has 3 nitrogen and oxygen atoms in total. The molecular formula is C17H21NO2. The Bertz CT molecular complexity index is 548. The van der Waals surface area contributed by atoms with Crippen molar-refractivity contribution in [3.8, 4) is 5.75 Å². The van der Waals surface area contributed by atoms with Crippen LogP contribution in [-0.2, 0) is 12.8 Å². The number of ether oxygens (including phenoxy) is 1. The Hall–Kier alpha value is -1.74. The quantitative estimate of drug-likeness (QED) is 0.873. The molecule has 0 unspecified atom stereocenters. The average Bonchev–Trinajstić information content (AvgIpc) is 3.14. The van der Waals surface area contributed by atoms with Gasteiger partial charge in [0.2, 0.25) is 0 Å². The zero-order valence-electron chi connectivity index (χ0n) is 11.9. The van der Waals surface area contributed by atoms with Gasteiger partial charge < -0.3 is 14.5 Å². The molecule has 0 spiro atoms. The van der Waals surface area contributed by atoms with Gasteiger partial charge in [0.05, 0.1) is 12.5 Å². The molecule has 0 radical (unpaired) electrons. The number of aryl methyl sites for hydroxylation is 1. The fourth-order valence-corrected chi connectivity index (χ4v) is 2.88. The van der Waals surface area contributed by atoms with Gasteiger partial charge in [-0.25, -0.2) is 0 Å². The number of hydrogen-bond acceptors (Lipinski definition) is 3. The largest absolute Gasteiger partial charge is 0.485 e. The van der Waals surface area contributed by atoms with Crippen molar-refractivity contribution >= 4 is 0 Å². The van der Waals surface area contributed by atoms with Crippen LogP contribution in [0.2, 0.25) is 0 Å². The topological polar surface area (TPSA) is 34.4 Å². The average molecular weight is 271 g/mol. The van der Waals surface area contributed by atoms with Gasteiger partial charge in [-0.1, -0.05) is 12.1 Å². The Morgan fingerprint density at radius 2 is 2.25 bits per heavy atom. The summed E-state index contributed by atoms with van der Waals surface area (Å²) in [6.45, 7) is 0.921. The van der Waals surface area contributed by atoms with Gasteiger partial charge in [0.15, 0.2) is 0 Å². The summed E-state index contributed by atoms with van der Waals surface area (Å²) in [6.07, 6.45) is 8.02. The highest BCUT2D eigenvalue weighted by Gasteiger charge is 2.20. The van der Waals surface area contributed by atoms with E-state index in [1.54, 1.807) is 12.5 Å². The summed E-state index contributed by atoms with van der Waals surface area (Å²) >= 11 is 0. The van der Waals surface area contributed by atoms with E-state index in [1.165, 1.54) is 24.0 Å². The van der Waals surface area contributed by atoms with E-state index in [9.17, 15) is 0 Å². The fourth-order valence-electron chi connectivity index (χ4n) is 2.88. The minimum absolute atomic E-state index is 0.0494. The molecule has 1 aromatic carbocycles. The molecule has 1 heterocycles. The Morgan fingerprint density at radius 1 is 1.30 bits per heavy atom. The number of furan rings is 1. The number of hydrogen-bond donors (Lipinski definition) is 1. The second-order valence-corrected chi connectivity index (χ2v) is 5.30. The summed E-state index contributed by atoms with van der Waals surface area (Å²) in [6, 6.07) is 8.40. The first kappa shape index (κ1) is 13.3. The van der Waals surface area contributed by atoms with Crippen LogP contribution in [0.4, 0.5) is 0 Å². The molecule has 0 aliphatic heterocycles. The van der Waals surface area contributed by atoms with Crippen molar-refractivity contribution in [2.45, 2.75) is 31.8 Å². The van der Waals surface area contributed by atoms with E-state index in [-0.39, 0.29) is 6.10 Å². The second kappa shape index (κ2) is 6.14. The van der Waals surface area contributed by atoms with E-state index in [0.29, 0.717) is 0 Å². The molecule has 1 aliphatic rings. The van der Waals surface area contributed by atoms with E-state index in [0.717, 1.165) is 30.7 Å². The Morgan fingerprint density at radius 3 is 3.05 bits per heavy atom. The zero-order chi connectivity index (χ0) is 13.8. The number of benzene rings is 1. The van der Waals surface area contributed by atoms with Crippen LogP contribution < -0.4 is 10.1 Å². The van der Waals surface area contributed by atoms with Crippen LogP contribution in [0, 0.1) is 0 Å². The van der Waals surface area contributed by atoms with E-state index in [4.69, 9.17) is 9.15 Å². The van der Waals surface area contributed by atoms with Crippen molar-refractivity contribution < 1.29 is 9.15 Å². The van der Waals surface area contributed by atoms with E-state index < -0.39 is 0 Å². The van der Waals surface area contributed by atoms with Crippen molar-refractivity contribution in [1.29, 1.82) is 0 Å². The van der Waals surface area contributed by atoms with Gasteiger partial charge in [-0.05, 0) is 56.1 Å². The summed E-state index contributed by atoms with van der Waals surface area (Å²) in [5, 5.41) is 3.19. The predicted molar refractivity (Wildman–Crippen MR) is 79.1 cm³/mol. The van der Waals surface area contributed by atoms with Gasteiger partial charge in [0, 0.05) is 12.0 Å². The second-order valence-electron chi connectivity index (χ2n) is 5.30. The van der Waals surface area contributed by atoms with Crippen LogP contribution in [0.3, 0.4) is 0 Å². The van der Waals surface area contributed by atoms with E-state index in [2.05, 4.69) is 23.5 Å². The molecule has 1 N–H and O–H groups in total. The third-order valence-electron chi connectivity index (χ3n) is 3.94. The lowest BCUT2D eigenvalue weighted by atomic mass is 10.1. The Kier molecular flexibility index (Phi) is 4.07. The van der Waals surface area contributed by atoms with Gasteiger partial charge in [-0.3, -0.25) is 0 Å². The van der Waals surface area contributed by atoms with Crippen LogP contribution >= 0.6 is 0 Å². The highest BCUT2D eigenvalue weighted by atomic mass is 16.5. The first-order chi connectivity index (χ1) is 9.88. The summed E-state index contributed by atoms with van der Waals surface area (Å²) in [7, 11) is 1.96. The van der Waals surface area contributed by atoms with Crippen molar-refractivity contribution in [2.24, 2.45) is 0 Å². The normalized spacial score (nSPS) is 15.1. The maximum absolute atomic E-state index is 6.30. The molecule has 1 aromatic heterocycles. The zero-order valence-corrected chi connectivity index (χ0v) is 11.9. The molecule has 3 heteroatoms. The molecule has 20 heavy (non-hydrogen) atoms. The first-order valence-corrected chi connectivity index (χ1v) is 7.32. The Labute approximate surface area is 119 Å². The highest BCUT2D eigenvalue weighted by molar-refractivity contribution is 5.43. The fraction of sp³-hybridized carbons (Fsp3) is 0.412. The first-order valence-electron chi connectivity index (χ1n) is 7.32. The molecule has 0 saturated heterocycles. The van der Waals surface area contributed by atoms with Crippen LogP contribution in [0.15, 0.2) is 41.2 Å². The molecule has 0 bridgehead atoms. The molecule has 2 aromatic rings. The van der Waals surface area contributed by atoms with Crippen molar-refractivity contribution in [1.82, 2.24) is 5.32 Å². The molecule has 106 valence electrons. The summed E-state index contributed by atoms with van der Waals surface area (Å²) in [5.74, 6) is 1.04. The van der Waals surface area contributed by atoms with Gasteiger partial charge in [0.25, 0.3) is 0 Å².